The standard InChI is InChI=1S/C14H15Cl3N2O/c1-3-19-12(4-9(2)18-19)8-20-14-10(7-15)5-11(16)6-13(14)17/h4-6H,3,7-8H2,1-2H3. The molecule has 108 valence electrons. The minimum Gasteiger partial charge on any atom is -0.485 e. The van der Waals surface area contributed by atoms with Crippen molar-refractivity contribution in [1.82, 2.24) is 9.78 Å². The average molecular weight is 334 g/mol. The summed E-state index contributed by atoms with van der Waals surface area (Å²) in [4.78, 5) is 0. The fourth-order valence-electron chi connectivity index (χ4n) is 2.01. The van der Waals surface area contributed by atoms with Crippen molar-refractivity contribution in [3.05, 3.63) is 45.2 Å². The Bertz CT molecular complexity index is 611. The van der Waals surface area contributed by atoms with Gasteiger partial charge in [0.15, 0.2) is 0 Å². The summed E-state index contributed by atoms with van der Waals surface area (Å²) < 4.78 is 7.72. The molecule has 0 aliphatic heterocycles. The van der Waals surface area contributed by atoms with Crippen LogP contribution >= 0.6 is 34.8 Å². The first-order valence-corrected chi connectivity index (χ1v) is 7.54. The third-order valence-electron chi connectivity index (χ3n) is 2.88. The zero-order valence-corrected chi connectivity index (χ0v) is 13.6. The molecule has 0 unspecified atom stereocenters. The molecule has 20 heavy (non-hydrogen) atoms. The van der Waals surface area contributed by atoms with Crippen molar-refractivity contribution in [3.8, 4) is 5.75 Å². The van der Waals surface area contributed by atoms with Crippen molar-refractivity contribution in [3.63, 3.8) is 0 Å². The zero-order chi connectivity index (χ0) is 14.7. The van der Waals surface area contributed by atoms with Crippen molar-refractivity contribution in [2.75, 3.05) is 0 Å². The summed E-state index contributed by atoms with van der Waals surface area (Å²) in [5.74, 6) is 0.870. The molecule has 3 nitrogen and oxygen atoms in total. The summed E-state index contributed by atoms with van der Waals surface area (Å²) >= 11 is 18.0. The summed E-state index contributed by atoms with van der Waals surface area (Å²) in [7, 11) is 0. The van der Waals surface area contributed by atoms with E-state index in [0.29, 0.717) is 28.3 Å². The topological polar surface area (TPSA) is 27.1 Å². The Hall–Kier alpha value is -0.900. The van der Waals surface area contributed by atoms with Crippen LogP contribution in [-0.2, 0) is 19.0 Å². The lowest BCUT2D eigenvalue weighted by Crippen LogP contribution is -2.07. The number of aromatic nitrogens is 2. The lowest BCUT2D eigenvalue weighted by molar-refractivity contribution is 0.290. The molecule has 0 saturated heterocycles. The van der Waals surface area contributed by atoms with E-state index in [9.17, 15) is 0 Å². The first-order valence-electron chi connectivity index (χ1n) is 6.25. The van der Waals surface area contributed by atoms with Crippen molar-refractivity contribution in [2.45, 2.75) is 32.9 Å². The van der Waals surface area contributed by atoms with Gasteiger partial charge in [0.2, 0.25) is 0 Å². The van der Waals surface area contributed by atoms with Crippen molar-refractivity contribution < 1.29 is 4.74 Å². The second-order valence-corrected chi connectivity index (χ2v) is 5.50. The minimum atomic E-state index is 0.293. The Balaban J connectivity index is 2.22. The average Bonchev–Trinajstić information content (AvgIpc) is 2.77. The Morgan fingerprint density at radius 3 is 2.65 bits per heavy atom. The largest absolute Gasteiger partial charge is 0.485 e. The van der Waals surface area contributed by atoms with E-state index in [-0.39, 0.29) is 0 Å². The van der Waals surface area contributed by atoms with Crippen molar-refractivity contribution in [1.29, 1.82) is 0 Å². The van der Waals surface area contributed by atoms with E-state index >= 15 is 0 Å². The maximum absolute atomic E-state index is 6.17. The summed E-state index contributed by atoms with van der Waals surface area (Å²) in [6, 6.07) is 5.41. The molecule has 0 N–H and O–H groups in total. The van der Waals surface area contributed by atoms with E-state index in [2.05, 4.69) is 5.10 Å². The quantitative estimate of drug-likeness (QED) is 0.732. The van der Waals surface area contributed by atoms with E-state index in [0.717, 1.165) is 23.5 Å². The molecule has 0 bridgehead atoms. The van der Waals surface area contributed by atoms with Gasteiger partial charge in [-0.2, -0.15) is 5.10 Å². The molecular formula is C14H15Cl3N2O. The molecular weight excluding hydrogens is 319 g/mol. The monoisotopic (exact) mass is 332 g/mol. The van der Waals surface area contributed by atoms with E-state index in [4.69, 9.17) is 39.5 Å². The number of benzene rings is 1. The van der Waals surface area contributed by atoms with Gasteiger partial charge in [0.25, 0.3) is 0 Å². The number of nitrogens with zero attached hydrogens (tertiary/aromatic N) is 2. The normalized spacial score (nSPS) is 10.8. The molecule has 0 radical (unpaired) electrons. The van der Waals surface area contributed by atoms with E-state index in [1.165, 1.54) is 0 Å². The van der Waals surface area contributed by atoms with Gasteiger partial charge in [-0.25, -0.2) is 0 Å². The zero-order valence-electron chi connectivity index (χ0n) is 11.3. The molecule has 0 amide bonds. The maximum Gasteiger partial charge on any atom is 0.142 e. The van der Waals surface area contributed by atoms with Crippen LogP contribution in [0.4, 0.5) is 0 Å². The number of rotatable bonds is 5. The Labute approximate surface area is 133 Å². The van der Waals surface area contributed by atoms with Crippen molar-refractivity contribution >= 4 is 34.8 Å². The molecule has 1 aromatic carbocycles. The highest BCUT2D eigenvalue weighted by Gasteiger charge is 2.12. The molecule has 0 fully saturated rings. The predicted molar refractivity (Wildman–Crippen MR) is 83.0 cm³/mol. The number of halogens is 3. The Morgan fingerprint density at radius 2 is 2.00 bits per heavy atom. The fourth-order valence-corrected chi connectivity index (χ4v) is 2.80. The smallest absolute Gasteiger partial charge is 0.142 e. The van der Waals surface area contributed by atoms with Crippen LogP contribution in [0.25, 0.3) is 0 Å². The van der Waals surface area contributed by atoms with Crippen LogP contribution in [0.3, 0.4) is 0 Å². The van der Waals surface area contributed by atoms with Gasteiger partial charge in [-0.3, -0.25) is 4.68 Å². The molecule has 0 saturated carbocycles. The highest BCUT2D eigenvalue weighted by atomic mass is 35.5. The molecule has 1 aromatic heterocycles. The minimum absolute atomic E-state index is 0.293. The number of hydrogen-bond donors (Lipinski definition) is 0. The summed E-state index contributed by atoms with van der Waals surface area (Å²) in [6.45, 7) is 5.17. The summed E-state index contributed by atoms with van der Waals surface area (Å²) in [6.07, 6.45) is 0. The van der Waals surface area contributed by atoms with Gasteiger partial charge in [-0.05, 0) is 32.0 Å². The van der Waals surface area contributed by atoms with Gasteiger partial charge < -0.3 is 4.74 Å². The summed E-state index contributed by atoms with van der Waals surface area (Å²) in [5.41, 5.74) is 2.74. The van der Waals surface area contributed by atoms with Crippen LogP contribution < -0.4 is 4.74 Å². The third kappa shape index (κ3) is 3.40. The molecule has 0 atom stereocenters. The predicted octanol–water partition coefficient (Wildman–Crippen LogP) is 4.84. The molecule has 0 aliphatic carbocycles. The second-order valence-electron chi connectivity index (χ2n) is 4.39. The molecule has 6 heteroatoms. The van der Waals surface area contributed by atoms with Crippen LogP contribution in [0.5, 0.6) is 5.75 Å². The number of aryl methyl sites for hydroxylation is 2. The lowest BCUT2D eigenvalue weighted by Gasteiger charge is -2.13. The number of alkyl halides is 1. The van der Waals surface area contributed by atoms with Gasteiger partial charge in [0, 0.05) is 17.1 Å². The Kier molecular flexibility index (Phi) is 5.19. The van der Waals surface area contributed by atoms with Crippen molar-refractivity contribution in [2.24, 2.45) is 0 Å². The van der Waals surface area contributed by atoms with Gasteiger partial charge in [0.1, 0.15) is 12.4 Å². The SMILES string of the molecule is CCn1nc(C)cc1COc1c(Cl)cc(Cl)cc1CCl. The fraction of sp³-hybridized carbons (Fsp3) is 0.357. The van der Waals surface area contributed by atoms with Crippen LogP contribution in [0.2, 0.25) is 10.0 Å². The highest BCUT2D eigenvalue weighted by molar-refractivity contribution is 6.36. The van der Waals surface area contributed by atoms with Crippen LogP contribution in [0.15, 0.2) is 18.2 Å². The first kappa shape index (κ1) is 15.5. The molecule has 0 spiro atoms. The van der Waals surface area contributed by atoms with E-state index < -0.39 is 0 Å². The van der Waals surface area contributed by atoms with Gasteiger partial charge >= 0.3 is 0 Å². The molecule has 2 aromatic rings. The molecule has 0 aliphatic rings. The molecule has 1 heterocycles. The van der Waals surface area contributed by atoms with E-state index in [1.807, 2.05) is 24.6 Å². The van der Waals surface area contributed by atoms with Gasteiger partial charge in [-0.15, -0.1) is 11.6 Å². The number of hydrogen-bond acceptors (Lipinski definition) is 2. The van der Waals surface area contributed by atoms with Gasteiger partial charge in [-0.1, -0.05) is 23.2 Å². The van der Waals surface area contributed by atoms with Crippen LogP contribution in [-0.4, -0.2) is 9.78 Å². The highest BCUT2D eigenvalue weighted by Crippen LogP contribution is 2.34. The summed E-state index contributed by atoms with van der Waals surface area (Å²) in [5, 5.41) is 5.39. The second kappa shape index (κ2) is 6.70. The van der Waals surface area contributed by atoms with E-state index in [1.54, 1.807) is 12.1 Å². The first-order chi connectivity index (χ1) is 9.55. The van der Waals surface area contributed by atoms with Crippen LogP contribution in [0.1, 0.15) is 23.9 Å². The molecule has 2 rings (SSSR count). The Morgan fingerprint density at radius 1 is 1.25 bits per heavy atom. The third-order valence-corrected chi connectivity index (χ3v) is 3.67. The van der Waals surface area contributed by atoms with Gasteiger partial charge in [0.05, 0.1) is 22.3 Å². The number of ether oxygens (including phenoxy) is 1. The lowest BCUT2D eigenvalue weighted by atomic mass is 10.2. The maximum atomic E-state index is 6.17. The van der Waals surface area contributed by atoms with Crippen LogP contribution in [0, 0.1) is 6.92 Å².